The number of ether oxygens (including phenoxy) is 2. The summed E-state index contributed by atoms with van der Waals surface area (Å²) in [6.45, 7) is 1.45. The molecule has 0 aromatic heterocycles. The zero-order chi connectivity index (χ0) is 16.2. The number of hydrogen-bond donors (Lipinski definition) is 2. The van der Waals surface area contributed by atoms with E-state index in [0.717, 1.165) is 11.3 Å². The molecule has 1 atom stereocenters. The van der Waals surface area contributed by atoms with Gasteiger partial charge in [0, 0.05) is 6.54 Å². The minimum Gasteiger partial charge on any atom is -0.486 e. The third-order valence-electron chi connectivity index (χ3n) is 3.69. The van der Waals surface area contributed by atoms with Gasteiger partial charge in [-0.25, -0.2) is 4.39 Å². The Labute approximate surface area is 138 Å². The lowest BCUT2D eigenvalue weighted by Crippen LogP contribution is -2.24. The topological polar surface area (TPSA) is 50.7 Å². The first kappa shape index (κ1) is 16.1. The van der Waals surface area contributed by atoms with Gasteiger partial charge in [0.2, 0.25) is 0 Å². The summed E-state index contributed by atoms with van der Waals surface area (Å²) >= 11 is 5.69. The SMILES string of the molecule is OCC(NCc1ccc2c(c1)OCCO2)c1ccc(Cl)c(F)c1. The molecule has 2 aromatic rings. The van der Waals surface area contributed by atoms with Crippen LogP contribution in [-0.2, 0) is 6.54 Å². The lowest BCUT2D eigenvalue weighted by Gasteiger charge is -2.20. The van der Waals surface area contributed by atoms with Crippen LogP contribution in [-0.4, -0.2) is 24.9 Å². The Morgan fingerprint density at radius 2 is 1.91 bits per heavy atom. The third kappa shape index (κ3) is 3.75. The van der Waals surface area contributed by atoms with Gasteiger partial charge in [-0.2, -0.15) is 0 Å². The average Bonchev–Trinajstić information content (AvgIpc) is 2.58. The van der Waals surface area contributed by atoms with Gasteiger partial charge in [-0.05, 0) is 35.4 Å². The van der Waals surface area contributed by atoms with E-state index in [1.807, 2.05) is 18.2 Å². The Morgan fingerprint density at radius 1 is 1.13 bits per heavy atom. The molecule has 3 rings (SSSR count). The minimum atomic E-state index is -0.497. The molecule has 122 valence electrons. The number of halogens is 2. The number of hydrogen-bond acceptors (Lipinski definition) is 4. The van der Waals surface area contributed by atoms with Crippen LogP contribution in [0.3, 0.4) is 0 Å². The highest BCUT2D eigenvalue weighted by Gasteiger charge is 2.14. The van der Waals surface area contributed by atoms with Crippen LogP contribution in [0.5, 0.6) is 11.5 Å². The normalized spacial score (nSPS) is 14.6. The van der Waals surface area contributed by atoms with Crippen LogP contribution in [0.4, 0.5) is 4.39 Å². The summed E-state index contributed by atoms with van der Waals surface area (Å²) in [7, 11) is 0. The van der Waals surface area contributed by atoms with Crippen molar-refractivity contribution in [1.82, 2.24) is 5.32 Å². The molecule has 1 unspecified atom stereocenters. The molecule has 4 nitrogen and oxygen atoms in total. The second kappa shape index (κ2) is 7.17. The molecule has 0 radical (unpaired) electrons. The summed E-state index contributed by atoms with van der Waals surface area (Å²) in [5.41, 5.74) is 1.63. The summed E-state index contributed by atoms with van der Waals surface area (Å²) in [5, 5.41) is 12.8. The Bertz CT molecular complexity index is 696. The molecule has 0 fully saturated rings. The van der Waals surface area contributed by atoms with Gasteiger partial charge < -0.3 is 19.9 Å². The second-order valence-electron chi connectivity index (χ2n) is 5.27. The van der Waals surface area contributed by atoms with Gasteiger partial charge in [0.1, 0.15) is 19.0 Å². The average molecular weight is 338 g/mol. The molecule has 1 aliphatic heterocycles. The van der Waals surface area contributed by atoms with E-state index >= 15 is 0 Å². The van der Waals surface area contributed by atoms with Crippen molar-refractivity contribution in [3.05, 3.63) is 58.4 Å². The second-order valence-corrected chi connectivity index (χ2v) is 5.67. The molecule has 6 heteroatoms. The fraction of sp³-hybridized carbons (Fsp3) is 0.294. The van der Waals surface area contributed by atoms with Gasteiger partial charge in [-0.3, -0.25) is 0 Å². The molecule has 1 aliphatic rings. The monoisotopic (exact) mass is 337 g/mol. The van der Waals surface area contributed by atoms with Crippen LogP contribution < -0.4 is 14.8 Å². The lowest BCUT2D eigenvalue weighted by molar-refractivity contribution is 0.171. The molecule has 2 aromatic carbocycles. The van der Waals surface area contributed by atoms with Crippen LogP contribution >= 0.6 is 11.6 Å². The molecule has 0 saturated heterocycles. The van der Waals surface area contributed by atoms with Crippen molar-refractivity contribution in [2.75, 3.05) is 19.8 Å². The number of nitrogens with one attached hydrogen (secondary N) is 1. The highest BCUT2D eigenvalue weighted by molar-refractivity contribution is 6.30. The Balaban J connectivity index is 1.69. The molecule has 0 aliphatic carbocycles. The predicted molar refractivity (Wildman–Crippen MR) is 85.5 cm³/mol. The fourth-order valence-electron chi connectivity index (χ4n) is 2.46. The quantitative estimate of drug-likeness (QED) is 0.880. The van der Waals surface area contributed by atoms with E-state index in [0.29, 0.717) is 31.1 Å². The first-order valence-electron chi connectivity index (χ1n) is 7.35. The van der Waals surface area contributed by atoms with Gasteiger partial charge in [-0.15, -0.1) is 0 Å². The van der Waals surface area contributed by atoms with Crippen LogP contribution in [0.2, 0.25) is 5.02 Å². The number of aliphatic hydroxyl groups is 1. The minimum absolute atomic E-state index is 0.0669. The Hall–Kier alpha value is -1.82. The molecule has 0 spiro atoms. The van der Waals surface area contributed by atoms with Crippen molar-refractivity contribution in [2.45, 2.75) is 12.6 Å². The highest BCUT2D eigenvalue weighted by atomic mass is 35.5. The van der Waals surface area contributed by atoms with E-state index in [9.17, 15) is 9.50 Å². The molecule has 0 bridgehead atoms. The Kier molecular flexibility index (Phi) is 5.00. The van der Waals surface area contributed by atoms with Gasteiger partial charge in [0.05, 0.1) is 17.7 Å². The summed E-state index contributed by atoms with van der Waals surface area (Å²) < 4.78 is 24.6. The number of benzene rings is 2. The molecular formula is C17H17ClFNO3. The molecule has 0 saturated carbocycles. The van der Waals surface area contributed by atoms with Crippen LogP contribution in [0.25, 0.3) is 0 Å². The van der Waals surface area contributed by atoms with Crippen molar-refractivity contribution in [3.8, 4) is 11.5 Å². The summed E-state index contributed by atoms with van der Waals surface area (Å²) in [5.74, 6) is 0.955. The van der Waals surface area contributed by atoms with E-state index in [2.05, 4.69) is 5.32 Å². The maximum absolute atomic E-state index is 13.6. The van der Waals surface area contributed by atoms with Crippen molar-refractivity contribution in [1.29, 1.82) is 0 Å². The maximum atomic E-state index is 13.6. The predicted octanol–water partition coefficient (Wildman–Crippen LogP) is 3.07. The van der Waals surface area contributed by atoms with E-state index in [1.165, 1.54) is 12.1 Å². The van der Waals surface area contributed by atoms with E-state index in [-0.39, 0.29) is 17.7 Å². The summed E-state index contributed by atoms with van der Waals surface area (Å²) in [6.07, 6.45) is 0. The van der Waals surface area contributed by atoms with Gasteiger partial charge in [-0.1, -0.05) is 23.7 Å². The Morgan fingerprint density at radius 3 is 2.65 bits per heavy atom. The molecule has 2 N–H and O–H groups in total. The maximum Gasteiger partial charge on any atom is 0.161 e. The number of rotatable bonds is 5. The van der Waals surface area contributed by atoms with E-state index < -0.39 is 5.82 Å². The first-order valence-corrected chi connectivity index (χ1v) is 7.73. The largest absolute Gasteiger partial charge is 0.486 e. The van der Waals surface area contributed by atoms with Crippen molar-refractivity contribution in [2.24, 2.45) is 0 Å². The third-order valence-corrected chi connectivity index (χ3v) is 3.99. The zero-order valence-corrected chi connectivity index (χ0v) is 13.1. The van der Waals surface area contributed by atoms with Crippen LogP contribution in [0.1, 0.15) is 17.2 Å². The fourth-order valence-corrected chi connectivity index (χ4v) is 2.57. The van der Waals surface area contributed by atoms with E-state index in [1.54, 1.807) is 6.07 Å². The zero-order valence-electron chi connectivity index (χ0n) is 12.4. The van der Waals surface area contributed by atoms with Crippen LogP contribution in [0, 0.1) is 5.82 Å². The van der Waals surface area contributed by atoms with Crippen LogP contribution in [0.15, 0.2) is 36.4 Å². The molecule has 23 heavy (non-hydrogen) atoms. The first-order chi connectivity index (χ1) is 11.2. The molecule has 1 heterocycles. The smallest absolute Gasteiger partial charge is 0.161 e. The molecule has 0 amide bonds. The van der Waals surface area contributed by atoms with E-state index in [4.69, 9.17) is 21.1 Å². The van der Waals surface area contributed by atoms with Crippen molar-refractivity contribution < 1.29 is 19.0 Å². The number of aliphatic hydroxyl groups excluding tert-OH is 1. The van der Waals surface area contributed by atoms with Gasteiger partial charge in [0.15, 0.2) is 11.5 Å². The van der Waals surface area contributed by atoms with Gasteiger partial charge in [0.25, 0.3) is 0 Å². The number of fused-ring (bicyclic) bond motifs is 1. The highest BCUT2D eigenvalue weighted by Crippen LogP contribution is 2.31. The lowest BCUT2D eigenvalue weighted by atomic mass is 10.1. The standard InChI is InChI=1S/C17H17ClFNO3/c18-13-3-2-12(8-14(13)19)15(10-21)20-9-11-1-4-16-17(7-11)23-6-5-22-16/h1-4,7-8,15,20-21H,5-6,9-10H2. The molecular weight excluding hydrogens is 321 g/mol. The van der Waals surface area contributed by atoms with Crippen molar-refractivity contribution >= 4 is 11.6 Å². The summed E-state index contributed by atoms with van der Waals surface area (Å²) in [4.78, 5) is 0. The summed E-state index contributed by atoms with van der Waals surface area (Å²) in [6, 6.07) is 9.83. The van der Waals surface area contributed by atoms with Gasteiger partial charge >= 0.3 is 0 Å². The van der Waals surface area contributed by atoms with Crippen molar-refractivity contribution in [3.63, 3.8) is 0 Å².